The number of amides is 1. The zero-order chi connectivity index (χ0) is 24.3. The van der Waals surface area contributed by atoms with Gasteiger partial charge in [0.25, 0.3) is 5.91 Å². The van der Waals surface area contributed by atoms with Crippen LogP contribution >= 0.6 is 0 Å². The molecule has 1 N–H and O–H groups in total. The van der Waals surface area contributed by atoms with E-state index < -0.39 is 0 Å². The summed E-state index contributed by atoms with van der Waals surface area (Å²) in [5.41, 5.74) is 2.40. The quantitative estimate of drug-likeness (QED) is 0.632. The fraction of sp³-hybridized carbons (Fsp3) is 0.600. The van der Waals surface area contributed by atoms with E-state index in [1.165, 1.54) is 0 Å². The monoisotopic (exact) mass is 472 g/mol. The smallest absolute Gasteiger partial charge is 0.269 e. The lowest BCUT2D eigenvalue weighted by atomic mass is 9.88. The molecule has 2 aliphatic heterocycles. The molecule has 2 aliphatic rings. The summed E-state index contributed by atoms with van der Waals surface area (Å²) >= 11 is 0. The van der Waals surface area contributed by atoms with Crippen LogP contribution in [0.5, 0.6) is 17.2 Å². The highest BCUT2D eigenvalue weighted by molar-refractivity contribution is 5.92. The van der Waals surface area contributed by atoms with Crippen LogP contribution in [0.1, 0.15) is 47.4 Å². The second-order valence-electron chi connectivity index (χ2n) is 9.24. The molecule has 2 aromatic rings. The third-order valence-corrected chi connectivity index (χ3v) is 7.01. The van der Waals surface area contributed by atoms with Crippen LogP contribution in [-0.2, 0) is 18.3 Å². The molecule has 3 heterocycles. The molecule has 2 fully saturated rings. The van der Waals surface area contributed by atoms with Gasteiger partial charge in [0.15, 0.2) is 11.5 Å². The zero-order valence-corrected chi connectivity index (χ0v) is 20.8. The molecule has 34 heavy (non-hydrogen) atoms. The van der Waals surface area contributed by atoms with E-state index in [9.17, 15) is 4.79 Å². The van der Waals surface area contributed by atoms with Crippen molar-refractivity contribution in [3.63, 3.8) is 0 Å². The van der Waals surface area contributed by atoms with E-state index in [0.29, 0.717) is 23.7 Å². The Bertz CT molecular complexity index is 1010. The zero-order valence-electron chi connectivity index (χ0n) is 20.8. The fourth-order valence-electron chi connectivity index (χ4n) is 5.17. The summed E-state index contributed by atoms with van der Waals surface area (Å²) in [6.07, 6.45) is 4.01. The number of likely N-dealkylation sites (tertiary alicyclic amines) is 1. The van der Waals surface area contributed by atoms with E-state index in [1.54, 1.807) is 39.1 Å². The molecule has 0 bridgehead atoms. The molecule has 1 atom stereocenters. The number of aromatic nitrogens is 2. The van der Waals surface area contributed by atoms with Gasteiger partial charge in [-0.15, -0.1) is 0 Å². The number of carbonyl (C=O) groups excluding carboxylic acids is 1. The molecule has 9 nitrogen and oxygen atoms in total. The molecule has 186 valence electrons. The molecule has 2 saturated heterocycles. The maximum atomic E-state index is 12.5. The summed E-state index contributed by atoms with van der Waals surface area (Å²) in [5, 5.41) is 7.27. The van der Waals surface area contributed by atoms with Gasteiger partial charge in [0, 0.05) is 38.8 Å². The van der Waals surface area contributed by atoms with Gasteiger partial charge in [-0.05, 0) is 44.7 Å². The number of nitrogens with one attached hydrogen (secondary N) is 1. The molecule has 0 unspecified atom stereocenters. The Kier molecular flexibility index (Phi) is 7.33. The van der Waals surface area contributed by atoms with Gasteiger partial charge in [-0.3, -0.25) is 14.4 Å². The number of aryl methyl sites for hydroxylation is 2. The van der Waals surface area contributed by atoms with Crippen molar-refractivity contribution < 1.29 is 23.7 Å². The maximum absolute atomic E-state index is 12.5. The van der Waals surface area contributed by atoms with Crippen molar-refractivity contribution in [1.29, 1.82) is 0 Å². The first kappa shape index (κ1) is 24.3. The van der Waals surface area contributed by atoms with E-state index in [4.69, 9.17) is 18.9 Å². The number of nitrogens with zero attached hydrogens (tertiary/aromatic N) is 3. The molecule has 9 heteroatoms. The fourth-order valence-corrected chi connectivity index (χ4v) is 5.17. The molecule has 1 aromatic carbocycles. The minimum atomic E-state index is -0.105. The van der Waals surface area contributed by atoms with Crippen LogP contribution in [0.25, 0.3) is 0 Å². The standard InChI is InChI=1S/C25H36N4O5/c1-17-14-20(28(2)27-17)24(30)26-15-19-8-9-25(34-19)10-12-29(13-11-25)16-18-6-7-21(31-3)23(33-5)22(18)32-4/h6-7,14,19H,8-13,15-16H2,1-5H3,(H,26,30)/t19-/m0/s1. The first-order valence-electron chi connectivity index (χ1n) is 11.8. The van der Waals surface area contributed by atoms with Crippen LogP contribution in [0.2, 0.25) is 0 Å². The number of methoxy groups -OCH3 is 3. The van der Waals surface area contributed by atoms with Gasteiger partial charge in [-0.25, -0.2) is 0 Å². The summed E-state index contributed by atoms with van der Waals surface area (Å²) in [7, 11) is 6.70. The van der Waals surface area contributed by atoms with E-state index in [0.717, 1.165) is 62.3 Å². The Morgan fingerprint density at radius 1 is 1.15 bits per heavy atom. The summed E-state index contributed by atoms with van der Waals surface area (Å²) < 4.78 is 24.7. The van der Waals surface area contributed by atoms with Crippen LogP contribution in [0.15, 0.2) is 18.2 Å². The van der Waals surface area contributed by atoms with Crippen LogP contribution in [0, 0.1) is 6.92 Å². The minimum absolute atomic E-state index is 0.0516. The normalized spacial score (nSPS) is 19.9. The Labute approximate surface area is 201 Å². The van der Waals surface area contributed by atoms with Crippen molar-refractivity contribution in [2.45, 2.75) is 50.9 Å². The largest absolute Gasteiger partial charge is 0.493 e. The number of carbonyl (C=O) groups is 1. The van der Waals surface area contributed by atoms with Gasteiger partial charge in [0.1, 0.15) is 5.69 Å². The molecule has 1 aromatic heterocycles. The van der Waals surface area contributed by atoms with Crippen molar-refractivity contribution in [2.24, 2.45) is 7.05 Å². The molecule has 1 amide bonds. The summed E-state index contributed by atoms with van der Waals surface area (Å²) in [6.45, 7) is 5.09. The summed E-state index contributed by atoms with van der Waals surface area (Å²) in [5.74, 6) is 1.91. The molecular weight excluding hydrogens is 436 g/mol. The van der Waals surface area contributed by atoms with Gasteiger partial charge < -0.3 is 24.3 Å². The minimum Gasteiger partial charge on any atom is -0.493 e. The van der Waals surface area contributed by atoms with Crippen LogP contribution in [0.3, 0.4) is 0 Å². The first-order chi connectivity index (χ1) is 16.4. The van der Waals surface area contributed by atoms with Crippen LogP contribution in [0.4, 0.5) is 0 Å². The predicted molar refractivity (Wildman–Crippen MR) is 128 cm³/mol. The van der Waals surface area contributed by atoms with E-state index in [2.05, 4.69) is 15.3 Å². The Hall–Kier alpha value is -2.78. The molecule has 1 spiro atoms. The maximum Gasteiger partial charge on any atom is 0.269 e. The molecule has 0 radical (unpaired) electrons. The average Bonchev–Trinajstić information content (AvgIpc) is 3.40. The number of hydrogen-bond donors (Lipinski definition) is 1. The van der Waals surface area contributed by atoms with Gasteiger partial charge >= 0.3 is 0 Å². The average molecular weight is 473 g/mol. The molecule has 0 saturated carbocycles. The lowest BCUT2D eigenvalue weighted by Gasteiger charge is -2.39. The van der Waals surface area contributed by atoms with Crippen LogP contribution < -0.4 is 19.5 Å². The topological polar surface area (TPSA) is 87.1 Å². The Balaban J connectivity index is 1.29. The highest BCUT2D eigenvalue weighted by Gasteiger charge is 2.42. The second kappa shape index (κ2) is 10.2. The first-order valence-corrected chi connectivity index (χ1v) is 11.8. The molecule has 4 rings (SSSR count). The van der Waals surface area contributed by atoms with Gasteiger partial charge in [0.2, 0.25) is 5.75 Å². The highest BCUT2D eigenvalue weighted by Crippen LogP contribution is 2.42. The number of hydrogen-bond acceptors (Lipinski definition) is 7. The van der Waals surface area contributed by atoms with Crippen LogP contribution in [-0.4, -0.2) is 73.3 Å². The SMILES string of the molecule is COc1ccc(CN2CCC3(CC[C@@H](CNC(=O)c4cc(C)nn4C)O3)CC2)c(OC)c1OC. The molecule has 0 aliphatic carbocycles. The third kappa shape index (κ3) is 5.00. The van der Waals surface area contributed by atoms with E-state index in [1.807, 2.05) is 19.1 Å². The van der Waals surface area contributed by atoms with Crippen molar-refractivity contribution in [2.75, 3.05) is 41.0 Å². The Morgan fingerprint density at radius 3 is 2.50 bits per heavy atom. The third-order valence-electron chi connectivity index (χ3n) is 7.01. The van der Waals surface area contributed by atoms with E-state index in [-0.39, 0.29) is 17.6 Å². The summed E-state index contributed by atoms with van der Waals surface area (Å²) in [6, 6.07) is 5.77. The van der Waals surface area contributed by atoms with Gasteiger partial charge in [-0.1, -0.05) is 6.07 Å². The van der Waals surface area contributed by atoms with E-state index >= 15 is 0 Å². The number of ether oxygens (including phenoxy) is 4. The number of rotatable bonds is 8. The van der Waals surface area contributed by atoms with Crippen molar-refractivity contribution >= 4 is 5.91 Å². The second-order valence-corrected chi connectivity index (χ2v) is 9.24. The highest BCUT2D eigenvalue weighted by atomic mass is 16.5. The predicted octanol–water partition coefficient (Wildman–Crippen LogP) is 2.70. The number of piperidine rings is 1. The van der Waals surface area contributed by atoms with Crippen molar-refractivity contribution in [3.8, 4) is 17.2 Å². The van der Waals surface area contributed by atoms with Gasteiger partial charge in [-0.2, -0.15) is 5.10 Å². The lowest BCUT2D eigenvalue weighted by Crippen LogP contribution is -2.45. The Morgan fingerprint density at radius 2 is 1.88 bits per heavy atom. The summed E-state index contributed by atoms with van der Waals surface area (Å²) in [4.78, 5) is 14.9. The number of benzene rings is 1. The van der Waals surface area contributed by atoms with Gasteiger partial charge in [0.05, 0.1) is 38.7 Å². The lowest BCUT2D eigenvalue weighted by molar-refractivity contribution is -0.0765. The molecular formula is C25H36N4O5. The van der Waals surface area contributed by atoms with Crippen molar-refractivity contribution in [3.05, 3.63) is 35.2 Å². The van der Waals surface area contributed by atoms with Crippen molar-refractivity contribution in [1.82, 2.24) is 20.0 Å².